The summed E-state index contributed by atoms with van der Waals surface area (Å²) in [4.78, 5) is 0. The van der Waals surface area contributed by atoms with Gasteiger partial charge in [-0.2, -0.15) is 0 Å². The fourth-order valence-corrected chi connectivity index (χ4v) is 2.10. The molecule has 0 aliphatic heterocycles. The fourth-order valence-electron chi connectivity index (χ4n) is 1.64. The van der Waals surface area contributed by atoms with Gasteiger partial charge in [0.05, 0.1) is 11.6 Å². The van der Waals surface area contributed by atoms with Gasteiger partial charge in [-0.1, -0.05) is 6.42 Å². The number of benzene rings is 1. The van der Waals surface area contributed by atoms with E-state index in [1.54, 1.807) is 6.07 Å². The molecule has 0 fully saturated rings. The third-order valence-electron chi connectivity index (χ3n) is 2.67. The molecule has 0 aliphatic carbocycles. The second-order valence-electron chi connectivity index (χ2n) is 3.94. The molecule has 4 nitrogen and oxygen atoms in total. The molecule has 0 bridgehead atoms. The van der Waals surface area contributed by atoms with Crippen molar-refractivity contribution in [1.82, 2.24) is 0 Å². The molecule has 0 radical (unpaired) electrons. The van der Waals surface area contributed by atoms with E-state index in [-0.39, 0.29) is 11.8 Å². The molecule has 96 valence electrons. The van der Waals surface area contributed by atoms with Crippen LogP contribution in [0.15, 0.2) is 16.6 Å². The molecule has 5 heteroatoms. The predicted octanol–water partition coefficient (Wildman–Crippen LogP) is 2.29. The minimum absolute atomic E-state index is 0.0626. The number of nitrogens with two attached hydrogens (primary N) is 2. The van der Waals surface area contributed by atoms with Gasteiger partial charge in [-0.25, -0.2) is 0 Å². The Kier molecular flexibility index (Phi) is 5.74. The second-order valence-corrected chi connectivity index (χ2v) is 4.80. The van der Waals surface area contributed by atoms with Gasteiger partial charge in [0, 0.05) is 6.04 Å². The van der Waals surface area contributed by atoms with E-state index in [4.69, 9.17) is 16.2 Å². The first-order valence-electron chi connectivity index (χ1n) is 5.62. The minimum Gasteiger partial charge on any atom is -0.503 e. The van der Waals surface area contributed by atoms with E-state index in [1.165, 1.54) is 7.11 Å². The van der Waals surface area contributed by atoms with Gasteiger partial charge in [0.1, 0.15) is 0 Å². The molecule has 0 aliphatic rings. The molecule has 0 heterocycles. The fraction of sp³-hybridized carbons (Fsp3) is 0.500. The Labute approximate surface area is 110 Å². The van der Waals surface area contributed by atoms with Crippen LogP contribution in [0.3, 0.4) is 0 Å². The van der Waals surface area contributed by atoms with Crippen molar-refractivity contribution in [2.75, 3.05) is 13.7 Å². The van der Waals surface area contributed by atoms with Gasteiger partial charge in [0.15, 0.2) is 11.5 Å². The normalized spacial score (nSPS) is 12.5. The smallest absolute Gasteiger partial charge is 0.172 e. The van der Waals surface area contributed by atoms with Crippen LogP contribution < -0.4 is 16.2 Å². The number of aromatic hydroxyl groups is 1. The maximum absolute atomic E-state index is 9.69. The van der Waals surface area contributed by atoms with Gasteiger partial charge >= 0.3 is 0 Å². The highest BCUT2D eigenvalue weighted by Gasteiger charge is 2.13. The lowest BCUT2D eigenvalue weighted by Gasteiger charge is -2.14. The van der Waals surface area contributed by atoms with Crippen LogP contribution in [0.5, 0.6) is 11.5 Å². The zero-order chi connectivity index (χ0) is 12.8. The molecule has 0 aromatic heterocycles. The minimum atomic E-state index is -0.0626. The van der Waals surface area contributed by atoms with Crippen LogP contribution in [-0.4, -0.2) is 18.8 Å². The number of hydrogen-bond donors (Lipinski definition) is 3. The lowest BCUT2D eigenvalue weighted by Crippen LogP contribution is -2.11. The molecular formula is C12H19BrN2O2. The van der Waals surface area contributed by atoms with Gasteiger partial charge < -0.3 is 21.3 Å². The molecule has 0 saturated carbocycles. The van der Waals surface area contributed by atoms with Crippen molar-refractivity contribution in [3.05, 3.63) is 22.2 Å². The van der Waals surface area contributed by atoms with Gasteiger partial charge in [-0.05, 0) is 53.0 Å². The van der Waals surface area contributed by atoms with Gasteiger partial charge in [0.25, 0.3) is 0 Å². The van der Waals surface area contributed by atoms with Crippen molar-refractivity contribution < 1.29 is 9.84 Å². The summed E-state index contributed by atoms with van der Waals surface area (Å²) in [7, 11) is 1.52. The lowest BCUT2D eigenvalue weighted by molar-refractivity contribution is 0.370. The maximum Gasteiger partial charge on any atom is 0.172 e. The van der Waals surface area contributed by atoms with E-state index in [0.29, 0.717) is 16.8 Å². The zero-order valence-electron chi connectivity index (χ0n) is 9.95. The first kappa shape index (κ1) is 14.3. The van der Waals surface area contributed by atoms with E-state index in [1.807, 2.05) is 6.07 Å². The third-order valence-corrected chi connectivity index (χ3v) is 3.27. The van der Waals surface area contributed by atoms with Crippen LogP contribution in [0, 0.1) is 0 Å². The maximum atomic E-state index is 9.69. The Morgan fingerprint density at radius 1 is 1.41 bits per heavy atom. The SMILES string of the molecule is COc1cc([C@@H](N)CCCCN)cc(Br)c1O. The predicted molar refractivity (Wildman–Crippen MR) is 72.2 cm³/mol. The van der Waals surface area contributed by atoms with Crippen molar-refractivity contribution >= 4 is 15.9 Å². The summed E-state index contributed by atoms with van der Waals surface area (Å²) >= 11 is 3.28. The third kappa shape index (κ3) is 3.87. The summed E-state index contributed by atoms with van der Waals surface area (Å²) in [6, 6.07) is 3.53. The summed E-state index contributed by atoms with van der Waals surface area (Å²) < 4.78 is 5.68. The lowest BCUT2D eigenvalue weighted by atomic mass is 10.0. The second kappa shape index (κ2) is 6.83. The molecule has 1 atom stereocenters. The standard InChI is InChI=1S/C12H19BrN2O2/c1-17-11-7-8(6-9(13)12(11)16)10(15)4-2-3-5-14/h6-7,10,16H,2-5,14-15H2,1H3/t10-/m0/s1. The Morgan fingerprint density at radius 2 is 2.12 bits per heavy atom. The Morgan fingerprint density at radius 3 is 2.71 bits per heavy atom. The number of unbranched alkanes of at least 4 members (excludes halogenated alkanes) is 1. The molecule has 0 amide bonds. The number of hydrogen-bond acceptors (Lipinski definition) is 4. The van der Waals surface area contributed by atoms with Gasteiger partial charge in [0.2, 0.25) is 0 Å². The molecule has 0 spiro atoms. The van der Waals surface area contributed by atoms with Crippen molar-refractivity contribution in [3.8, 4) is 11.5 Å². The van der Waals surface area contributed by atoms with Gasteiger partial charge in [-0.15, -0.1) is 0 Å². The van der Waals surface area contributed by atoms with E-state index in [0.717, 1.165) is 24.8 Å². The Hall–Kier alpha value is -0.780. The summed E-state index contributed by atoms with van der Waals surface area (Å²) in [5, 5.41) is 9.69. The molecule has 1 rings (SSSR count). The number of methoxy groups -OCH3 is 1. The summed E-state index contributed by atoms with van der Waals surface area (Å²) in [5.41, 5.74) is 12.5. The Balaban J connectivity index is 2.79. The van der Waals surface area contributed by atoms with E-state index >= 15 is 0 Å². The highest BCUT2D eigenvalue weighted by Crippen LogP contribution is 2.37. The number of ether oxygens (including phenoxy) is 1. The van der Waals surface area contributed by atoms with Crippen molar-refractivity contribution in [2.24, 2.45) is 11.5 Å². The molecule has 0 unspecified atom stereocenters. The molecule has 17 heavy (non-hydrogen) atoms. The largest absolute Gasteiger partial charge is 0.503 e. The van der Waals surface area contributed by atoms with Crippen LogP contribution in [0.4, 0.5) is 0 Å². The highest BCUT2D eigenvalue weighted by molar-refractivity contribution is 9.10. The monoisotopic (exact) mass is 302 g/mol. The summed E-state index contributed by atoms with van der Waals surface area (Å²) in [5.74, 6) is 0.536. The number of phenolic OH excluding ortho intramolecular Hbond substituents is 1. The Bertz CT molecular complexity index is 372. The van der Waals surface area contributed by atoms with E-state index in [9.17, 15) is 5.11 Å². The summed E-state index contributed by atoms with van der Waals surface area (Å²) in [6.07, 6.45) is 2.85. The van der Waals surface area contributed by atoms with Crippen LogP contribution in [-0.2, 0) is 0 Å². The van der Waals surface area contributed by atoms with Crippen molar-refractivity contribution in [2.45, 2.75) is 25.3 Å². The molecular weight excluding hydrogens is 284 g/mol. The van der Waals surface area contributed by atoms with E-state index in [2.05, 4.69) is 15.9 Å². The van der Waals surface area contributed by atoms with Crippen LogP contribution in [0.25, 0.3) is 0 Å². The first-order valence-corrected chi connectivity index (χ1v) is 6.41. The first-order chi connectivity index (χ1) is 8.10. The highest BCUT2D eigenvalue weighted by atomic mass is 79.9. The molecule has 5 N–H and O–H groups in total. The van der Waals surface area contributed by atoms with E-state index < -0.39 is 0 Å². The van der Waals surface area contributed by atoms with Crippen LogP contribution >= 0.6 is 15.9 Å². The molecule has 1 aromatic carbocycles. The van der Waals surface area contributed by atoms with Gasteiger partial charge in [-0.3, -0.25) is 0 Å². The number of phenols is 1. The van der Waals surface area contributed by atoms with Crippen LogP contribution in [0.1, 0.15) is 30.9 Å². The average Bonchev–Trinajstić information content (AvgIpc) is 2.32. The average molecular weight is 303 g/mol. The molecule has 1 aromatic rings. The molecule has 0 saturated heterocycles. The topological polar surface area (TPSA) is 81.5 Å². The van der Waals surface area contributed by atoms with Crippen molar-refractivity contribution in [3.63, 3.8) is 0 Å². The zero-order valence-corrected chi connectivity index (χ0v) is 11.5. The van der Waals surface area contributed by atoms with Crippen molar-refractivity contribution in [1.29, 1.82) is 0 Å². The summed E-state index contributed by atoms with van der Waals surface area (Å²) in [6.45, 7) is 0.690. The number of halogens is 1. The quantitative estimate of drug-likeness (QED) is 0.704. The van der Waals surface area contributed by atoms with Crippen LogP contribution in [0.2, 0.25) is 0 Å². The number of rotatable bonds is 6.